The first-order chi connectivity index (χ1) is 41.6. The van der Waals surface area contributed by atoms with Crippen LogP contribution in [0.25, 0.3) is 0 Å². The highest BCUT2D eigenvalue weighted by Crippen LogP contribution is 2.38. The van der Waals surface area contributed by atoms with Gasteiger partial charge in [-0.05, 0) is 185 Å². The molecule has 7 aromatic rings. The summed E-state index contributed by atoms with van der Waals surface area (Å²) in [5.74, 6) is 0. The zero-order valence-electron chi connectivity index (χ0n) is 57.1. The summed E-state index contributed by atoms with van der Waals surface area (Å²) in [7, 11) is -36.1. The molecule has 0 heterocycles. The smallest absolute Gasteiger partial charge is 0.433 e. The van der Waals surface area contributed by atoms with Gasteiger partial charge in [-0.2, -0.15) is 0 Å². The van der Waals surface area contributed by atoms with Gasteiger partial charge < -0.3 is 37.0 Å². The molecule has 0 spiro atoms. The van der Waals surface area contributed by atoms with Crippen molar-refractivity contribution in [3.63, 3.8) is 0 Å². The Kier molecular flexibility index (Phi) is 24.7. The second-order valence-electron chi connectivity index (χ2n) is 28.7. The molecule has 89 heavy (non-hydrogen) atoms. The van der Waals surface area contributed by atoms with Crippen LogP contribution in [0.5, 0.6) is 0 Å². The van der Waals surface area contributed by atoms with E-state index in [-0.39, 0.29) is 0 Å². The molecule has 22 heteroatoms. The molecule has 1 atom stereocenters. The molecule has 478 valence electrons. The molecule has 0 aliphatic rings. The van der Waals surface area contributed by atoms with Gasteiger partial charge in [-0.3, -0.25) is 0 Å². The van der Waals surface area contributed by atoms with Crippen molar-refractivity contribution >= 4 is 147 Å². The molecule has 0 aliphatic heterocycles. The van der Waals surface area contributed by atoms with Gasteiger partial charge in [0, 0.05) is 5.19 Å². The highest BCUT2D eigenvalue weighted by Gasteiger charge is 2.59. The van der Waals surface area contributed by atoms with Crippen LogP contribution in [-0.4, -0.2) is 111 Å². The molecule has 0 saturated heterocycles. The molecule has 0 amide bonds. The van der Waals surface area contributed by atoms with Crippen LogP contribution >= 0.6 is 0 Å². The minimum atomic E-state index is -3.98. The van der Waals surface area contributed by atoms with E-state index in [2.05, 4.69) is 337 Å². The molecule has 0 radical (unpaired) electrons. The van der Waals surface area contributed by atoms with E-state index in [1.165, 1.54) is 0 Å². The highest BCUT2D eigenvalue weighted by molar-refractivity contribution is 7.10. The van der Waals surface area contributed by atoms with Crippen molar-refractivity contribution < 1.29 is 37.0 Å². The number of hydrogen-bond acceptors (Lipinski definition) is 9. The molecule has 0 aromatic heterocycles. The molecule has 0 aliphatic carbocycles. The molecular weight excluding hydrogens is 1310 g/mol. The fraction of sp³-hybridized carbons (Fsp3) is 0.343. The van der Waals surface area contributed by atoms with Crippen LogP contribution in [0.1, 0.15) is 0 Å². The van der Waals surface area contributed by atoms with E-state index in [9.17, 15) is 0 Å². The first kappa shape index (κ1) is 73.2. The van der Waals surface area contributed by atoms with Gasteiger partial charge in [0.05, 0.1) is 0 Å². The zero-order chi connectivity index (χ0) is 65.2. The molecule has 0 saturated carbocycles. The van der Waals surface area contributed by atoms with Crippen LogP contribution in [0.3, 0.4) is 0 Å². The van der Waals surface area contributed by atoms with Gasteiger partial charge in [-0.25, -0.2) is 0 Å². The summed E-state index contributed by atoms with van der Waals surface area (Å²) in [4.78, 5) is 1.04. The molecule has 0 fully saturated rings. The van der Waals surface area contributed by atoms with E-state index in [4.69, 9.17) is 43.6 Å². The summed E-state index contributed by atoms with van der Waals surface area (Å²) >= 11 is 0. The summed E-state index contributed by atoms with van der Waals surface area (Å²) in [5.41, 5.74) is 0. The first-order valence-corrected chi connectivity index (χ1v) is 66.4. The Hall–Kier alpha value is -3.26. The van der Waals surface area contributed by atoms with E-state index in [0.717, 1.165) is 65.3 Å². The SMILES string of the molecule is C=C([Si](C)(C)O[Si](O[Si](C)(C)CC[Si](C)(C)O[Si](O[SiH](C)C)(c1ccccc1)c1ccccc1)(O[Si](C)(C)CC[Si](C)(C)O[Si](O[Si](C)(C)C)(c1ccccc1)c1ccccc1)c1ccccc1)[Si](C)(C)O[Si](O[SiH](C)C)(c1ccccc1)c1ccccc1. The lowest BCUT2D eigenvalue weighted by Crippen LogP contribution is -2.72. The van der Waals surface area contributed by atoms with Crippen LogP contribution in [0, 0.1) is 0 Å². The van der Waals surface area contributed by atoms with Crippen LogP contribution in [0.4, 0.5) is 0 Å². The van der Waals surface area contributed by atoms with Crippen molar-refractivity contribution in [3.8, 4) is 0 Å². The first-order valence-electron chi connectivity index (χ1n) is 31.9. The van der Waals surface area contributed by atoms with Crippen LogP contribution < -0.4 is 36.3 Å². The van der Waals surface area contributed by atoms with Gasteiger partial charge in [0.25, 0.3) is 0 Å². The third kappa shape index (κ3) is 19.4. The van der Waals surface area contributed by atoms with Gasteiger partial charge in [0.2, 0.25) is 16.6 Å². The Labute approximate surface area is 552 Å². The Morgan fingerprint density at radius 1 is 0.281 bits per heavy atom. The summed E-state index contributed by atoms with van der Waals surface area (Å²) in [6.07, 6.45) is 0. The lowest BCUT2D eigenvalue weighted by molar-refractivity contribution is 0.270. The predicted octanol–water partition coefficient (Wildman–Crippen LogP) is 13.4. The maximum absolute atomic E-state index is 8.28. The van der Waals surface area contributed by atoms with Crippen LogP contribution in [-0.2, 0) is 37.0 Å². The van der Waals surface area contributed by atoms with E-state index in [1.54, 1.807) is 0 Å². The van der Waals surface area contributed by atoms with E-state index in [0.29, 0.717) is 0 Å². The van der Waals surface area contributed by atoms with Crippen molar-refractivity contribution in [2.45, 2.75) is 149 Å². The molecule has 0 N–H and O–H groups in total. The summed E-state index contributed by atoms with van der Waals surface area (Å²) < 4.78 is 70.7. The van der Waals surface area contributed by atoms with Gasteiger partial charge in [-0.15, -0.1) is 6.58 Å². The summed E-state index contributed by atoms with van der Waals surface area (Å²) in [6.45, 7) is 49.2. The van der Waals surface area contributed by atoms with Crippen LogP contribution in [0.15, 0.2) is 224 Å². The zero-order valence-corrected chi connectivity index (χ0v) is 70.4. The van der Waals surface area contributed by atoms with Crippen molar-refractivity contribution in [3.05, 3.63) is 224 Å². The number of hydrogen-bond donors (Lipinski definition) is 0. The quantitative estimate of drug-likeness (QED) is 0.0374. The Balaban J connectivity index is 1.31. The normalized spacial score (nSPS) is 14.3. The lowest BCUT2D eigenvalue weighted by Gasteiger charge is -2.48. The maximum Gasteiger partial charge on any atom is 0.506 e. The number of rotatable bonds is 33. The monoisotopic (exact) mass is 1420 g/mol. The largest absolute Gasteiger partial charge is 0.506 e. The van der Waals surface area contributed by atoms with Crippen LogP contribution in [0.2, 0.25) is 149 Å². The third-order valence-electron chi connectivity index (χ3n) is 15.9. The molecule has 7 rings (SSSR count). The van der Waals surface area contributed by atoms with E-state index < -0.39 is 111 Å². The highest BCUT2D eigenvalue weighted by atomic mass is 28.5. The summed E-state index contributed by atoms with van der Waals surface area (Å²) in [5, 5.41) is 7.73. The Morgan fingerprint density at radius 2 is 0.506 bits per heavy atom. The van der Waals surface area contributed by atoms with Gasteiger partial charge in [-0.1, -0.05) is 212 Å². The van der Waals surface area contributed by atoms with Crippen molar-refractivity contribution in [2.75, 3.05) is 0 Å². The molecular formula is C67H104O9Si13. The topological polar surface area (TPSA) is 83.1 Å². The molecule has 1 unspecified atom stereocenters. The van der Waals surface area contributed by atoms with Crippen molar-refractivity contribution in [1.82, 2.24) is 0 Å². The molecule has 9 nitrogen and oxygen atoms in total. The molecule has 7 aromatic carbocycles. The minimum Gasteiger partial charge on any atom is -0.433 e. The minimum absolute atomic E-state index is 0.827. The van der Waals surface area contributed by atoms with E-state index in [1.807, 2.05) is 0 Å². The van der Waals surface area contributed by atoms with Crippen molar-refractivity contribution in [2.24, 2.45) is 0 Å². The second kappa shape index (κ2) is 30.0. The van der Waals surface area contributed by atoms with Gasteiger partial charge >= 0.3 is 34.5 Å². The third-order valence-corrected chi connectivity index (χ3v) is 66.4. The fourth-order valence-corrected chi connectivity index (χ4v) is 73.2. The van der Waals surface area contributed by atoms with Crippen molar-refractivity contribution in [1.29, 1.82) is 0 Å². The van der Waals surface area contributed by atoms with Gasteiger partial charge in [0.15, 0.2) is 59.7 Å². The lowest BCUT2D eigenvalue weighted by atomic mass is 10.4. The average Bonchev–Trinajstić information content (AvgIpc) is 0.827. The second-order valence-corrected chi connectivity index (χ2v) is 77.4. The van der Waals surface area contributed by atoms with E-state index >= 15 is 0 Å². The number of benzene rings is 7. The average molecular weight is 1420 g/mol. The Morgan fingerprint density at radius 3 is 0.775 bits per heavy atom. The predicted molar refractivity (Wildman–Crippen MR) is 410 cm³/mol. The standard InChI is InChI=1S/C67H104O9Si13/c1-60(84(17,18)75-87(69-78(4)5,63-46-32-23-33-47-63)64-48-34-24-35-49-64)85(19,20)76-89(67-54-40-27-41-55-67,73-82(13,14)58-56-80(9,10)71-86(68-77(2)3,61-42-28-21-29-43-61)62-44-30-22-31-45-62)74-83(15,16)59-57-81(11,12)72-88(70-79(6,7)8,65-50-36-25-37-51-65)66-52-38-26-39-53-66/h21-55,77-78H,1,56-59H2,2-20H3. The maximum atomic E-state index is 8.28. The summed E-state index contributed by atoms with van der Waals surface area (Å²) in [6, 6.07) is 78.4. The molecule has 0 bridgehead atoms. The fourth-order valence-electron chi connectivity index (χ4n) is 11.7. The van der Waals surface area contributed by atoms with Gasteiger partial charge in [0.1, 0.15) is 0 Å². The Bertz CT molecular complexity index is 3190.